The van der Waals surface area contributed by atoms with Crippen molar-refractivity contribution in [3.8, 4) is 5.75 Å². The van der Waals surface area contributed by atoms with Gasteiger partial charge in [0.05, 0.1) is 12.8 Å². The van der Waals surface area contributed by atoms with Crippen LogP contribution in [0.1, 0.15) is 5.56 Å². The van der Waals surface area contributed by atoms with Crippen molar-refractivity contribution >= 4 is 17.5 Å². The molecule has 0 unspecified atom stereocenters. The Morgan fingerprint density at radius 3 is 2.28 bits per heavy atom. The standard InChI is InChI=1S/C17H15F3N2O3/c1-25-11-4-2-10(3-5-11)8-9-21-16(23)17(24)22-13-7-6-12(18)14(19)15(13)20/h2-7H,8-9H2,1H3,(H,21,23)(H,22,24). The molecule has 0 bridgehead atoms. The van der Waals surface area contributed by atoms with Gasteiger partial charge in [-0.25, -0.2) is 13.2 Å². The van der Waals surface area contributed by atoms with E-state index in [1.807, 2.05) is 17.4 Å². The second-order valence-electron chi connectivity index (χ2n) is 5.03. The van der Waals surface area contributed by atoms with Gasteiger partial charge in [0.1, 0.15) is 5.75 Å². The number of carbonyl (C=O) groups excluding carboxylic acids is 2. The normalized spacial score (nSPS) is 10.2. The van der Waals surface area contributed by atoms with Gasteiger partial charge in [0.25, 0.3) is 0 Å². The molecule has 0 saturated heterocycles. The lowest BCUT2D eigenvalue weighted by atomic mass is 10.1. The number of nitrogens with one attached hydrogen (secondary N) is 2. The molecule has 0 spiro atoms. The molecule has 0 atom stereocenters. The van der Waals surface area contributed by atoms with E-state index >= 15 is 0 Å². The van der Waals surface area contributed by atoms with Crippen LogP contribution in [0.2, 0.25) is 0 Å². The summed E-state index contributed by atoms with van der Waals surface area (Å²) >= 11 is 0. The van der Waals surface area contributed by atoms with E-state index in [0.717, 1.165) is 11.6 Å². The number of methoxy groups -OCH3 is 1. The number of amides is 2. The second-order valence-corrected chi connectivity index (χ2v) is 5.03. The zero-order valence-electron chi connectivity index (χ0n) is 13.2. The molecule has 132 valence electrons. The third kappa shape index (κ3) is 4.72. The van der Waals surface area contributed by atoms with Gasteiger partial charge >= 0.3 is 11.8 Å². The average Bonchev–Trinajstić information content (AvgIpc) is 2.62. The summed E-state index contributed by atoms with van der Waals surface area (Å²) in [4.78, 5) is 23.3. The fourth-order valence-electron chi connectivity index (χ4n) is 1.99. The Kier molecular flexibility index (Phi) is 5.99. The summed E-state index contributed by atoms with van der Waals surface area (Å²) in [6.45, 7) is 0.166. The van der Waals surface area contributed by atoms with E-state index in [-0.39, 0.29) is 6.54 Å². The van der Waals surface area contributed by atoms with E-state index in [4.69, 9.17) is 4.74 Å². The summed E-state index contributed by atoms with van der Waals surface area (Å²) in [6, 6.07) is 8.61. The fraction of sp³-hybridized carbons (Fsp3) is 0.176. The van der Waals surface area contributed by atoms with Crippen LogP contribution < -0.4 is 15.4 Å². The van der Waals surface area contributed by atoms with Crippen molar-refractivity contribution in [3.05, 3.63) is 59.4 Å². The molecule has 2 aromatic carbocycles. The van der Waals surface area contributed by atoms with Gasteiger partial charge in [-0.3, -0.25) is 9.59 Å². The van der Waals surface area contributed by atoms with Crippen molar-refractivity contribution in [2.24, 2.45) is 0 Å². The van der Waals surface area contributed by atoms with Gasteiger partial charge in [-0.2, -0.15) is 0 Å². The van der Waals surface area contributed by atoms with E-state index in [1.165, 1.54) is 0 Å². The molecule has 0 aliphatic rings. The molecule has 2 rings (SSSR count). The summed E-state index contributed by atoms with van der Waals surface area (Å²) in [5.41, 5.74) is 0.294. The Labute approximate surface area is 141 Å². The summed E-state index contributed by atoms with van der Waals surface area (Å²) in [5, 5.41) is 4.25. The van der Waals surface area contributed by atoms with Crippen LogP contribution in [0.15, 0.2) is 36.4 Å². The predicted octanol–water partition coefficient (Wildman–Crippen LogP) is 2.41. The first-order valence-corrected chi connectivity index (χ1v) is 7.28. The minimum Gasteiger partial charge on any atom is -0.497 e. The minimum atomic E-state index is -1.72. The summed E-state index contributed by atoms with van der Waals surface area (Å²) in [7, 11) is 1.55. The third-order valence-electron chi connectivity index (χ3n) is 3.35. The van der Waals surface area contributed by atoms with Gasteiger partial charge in [0.2, 0.25) is 0 Å². The van der Waals surface area contributed by atoms with Gasteiger partial charge in [-0.1, -0.05) is 12.1 Å². The number of halogens is 3. The second kappa shape index (κ2) is 8.18. The zero-order valence-corrected chi connectivity index (χ0v) is 13.2. The number of ether oxygens (including phenoxy) is 1. The maximum absolute atomic E-state index is 13.4. The highest BCUT2D eigenvalue weighted by atomic mass is 19.2. The van der Waals surface area contributed by atoms with Crippen LogP contribution >= 0.6 is 0 Å². The molecule has 0 saturated carbocycles. The first kappa shape index (κ1) is 18.3. The molecule has 0 aliphatic heterocycles. The summed E-state index contributed by atoms with van der Waals surface area (Å²) < 4.78 is 44.4. The lowest BCUT2D eigenvalue weighted by Crippen LogP contribution is -2.36. The van der Waals surface area contributed by atoms with E-state index in [2.05, 4.69) is 5.32 Å². The number of hydrogen-bond donors (Lipinski definition) is 2. The largest absolute Gasteiger partial charge is 0.497 e. The molecule has 2 amide bonds. The van der Waals surface area contributed by atoms with Crippen LogP contribution in [0.25, 0.3) is 0 Å². The van der Waals surface area contributed by atoms with Crippen LogP contribution in [0.4, 0.5) is 18.9 Å². The van der Waals surface area contributed by atoms with Crippen molar-refractivity contribution in [1.82, 2.24) is 5.32 Å². The molecule has 2 aromatic rings. The van der Waals surface area contributed by atoms with Gasteiger partial charge in [0, 0.05) is 6.54 Å². The monoisotopic (exact) mass is 352 g/mol. The van der Waals surface area contributed by atoms with Crippen molar-refractivity contribution < 1.29 is 27.5 Å². The Hall–Kier alpha value is -3.03. The third-order valence-corrected chi connectivity index (χ3v) is 3.35. The van der Waals surface area contributed by atoms with Crippen LogP contribution in [0.5, 0.6) is 5.75 Å². The SMILES string of the molecule is COc1ccc(CCNC(=O)C(=O)Nc2ccc(F)c(F)c2F)cc1. The fourth-order valence-corrected chi connectivity index (χ4v) is 1.99. The molecule has 0 aliphatic carbocycles. The van der Waals surface area contributed by atoms with Gasteiger partial charge in [-0.05, 0) is 36.2 Å². The number of hydrogen-bond acceptors (Lipinski definition) is 3. The summed E-state index contributed by atoms with van der Waals surface area (Å²) in [6.07, 6.45) is 0.461. The van der Waals surface area contributed by atoms with Crippen molar-refractivity contribution in [1.29, 1.82) is 0 Å². The lowest BCUT2D eigenvalue weighted by molar-refractivity contribution is -0.136. The smallest absolute Gasteiger partial charge is 0.313 e. The average molecular weight is 352 g/mol. The zero-order chi connectivity index (χ0) is 18.4. The quantitative estimate of drug-likeness (QED) is 0.641. The molecule has 5 nitrogen and oxygen atoms in total. The molecular formula is C17H15F3N2O3. The van der Waals surface area contributed by atoms with Gasteiger partial charge < -0.3 is 15.4 Å². The van der Waals surface area contributed by atoms with E-state index in [0.29, 0.717) is 18.2 Å². The first-order valence-electron chi connectivity index (χ1n) is 7.28. The predicted molar refractivity (Wildman–Crippen MR) is 84.7 cm³/mol. The van der Waals surface area contributed by atoms with Crippen LogP contribution in [-0.2, 0) is 16.0 Å². The Bertz CT molecular complexity index is 779. The molecule has 25 heavy (non-hydrogen) atoms. The van der Waals surface area contributed by atoms with Crippen molar-refractivity contribution in [3.63, 3.8) is 0 Å². The van der Waals surface area contributed by atoms with Crippen LogP contribution in [-0.4, -0.2) is 25.5 Å². The topological polar surface area (TPSA) is 67.4 Å². The molecule has 0 radical (unpaired) electrons. The molecule has 8 heteroatoms. The maximum atomic E-state index is 13.4. The summed E-state index contributed by atoms with van der Waals surface area (Å²) in [5.74, 6) is -6.19. The molecule has 0 heterocycles. The number of benzene rings is 2. The van der Waals surface area contributed by atoms with Crippen LogP contribution in [0.3, 0.4) is 0 Å². The van der Waals surface area contributed by atoms with Gasteiger partial charge in [0.15, 0.2) is 17.5 Å². The first-order chi connectivity index (χ1) is 11.9. The molecule has 0 aromatic heterocycles. The van der Waals surface area contributed by atoms with E-state index in [1.54, 1.807) is 19.2 Å². The Morgan fingerprint density at radius 2 is 1.64 bits per heavy atom. The lowest BCUT2D eigenvalue weighted by Gasteiger charge is -2.08. The number of rotatable bonds is 5. The van der Waals surface area contributed by atoms with Crippen LogP contribution in [0, 0.1) is 17.5 Å². The highest BCUT2D eigenvalue weighted by Gasteiger charge is 2.18. The molecule has 2 N–H and O–H groups in total. The Balaban J connectivity index is 1.86. The maximum Gasteiger partial charge on any atom is 0.313 e. The Morgan fingerprint density at radius 1 is 0.960 bits per heavy atom. The highest BCUT2D eigenvalue weighted by molar-refractivity contribution is 6.39. The van der Waals surface area contributed by atoms with E-state index in [9.17, 15) is 22.8 Å². The molecular weight excluding hydrogens is 337 g/mol. The van der Waals surface area contributed by atoms with Crippen molar-refractivity contribution in [2.45, 2.75) is 6.42 Å². The minimum absolute atomic E-state index is 0.166. The molecule has 0 fully saturated rings. The van der Waals surface area contributed by atoms with E-state index < -0.39 is 35.0 Å². The number of carbonyl (C=O) groups is 2. The van der Waals surface area contributed by atoms with Crippen molar-refractivity contribution in [2.75, 3.05) is 19.0 Å². The van der Waals surface area contributed by atoms with Gasteiger partial charge in [-0.15, -0.1) is 0 Å². The number of anilines is 1. The highest BCUT2D eigenvalue weighted by Crippen LogP contribution is 2.19.